The van der Waals surface area contributed by atoms with E-state index < -0.39 is 10.0 Å². The van der Waals surface area contributed by atoms with Crippen LogP contribution in [-0.2, 0) is 10.0 Å². The Morgan fingerprint density at radius 3 is 2.89 bits per heavy atom. The standard InChI is InChI=1S/C19H23N3O3S2/c23-27(24)18-14-26-13-17(18)19(21-27)20-8-5-11-25-16-7-4-6-15(12-16)22-9-2-1-3-10-22/h4,6-7,12-14H,1-3,5,8-11H2,(H,20,21). The van der Waals surface area contributed by atoms with E-state index in [1.807, 2.05) is 17.5 Å². The maximum atomic E-state index is 11.9. The average molecular weight is 406 g/mol. The number of nitrogens with zero attached hydrogens (tertiary/aromatic N) is 2. The predicted octanol–water partition coefficient (Wildman–Crippen LogP) is 3.25. The van der Waals surface area contributed by atoms with Gasteiger partial charge in [-0.05, 0) is 37.8 Å². The molecule has 0 radical (unpaired) electrons. The van der Waals surface area contributed by atoms with Crippen LogP contribution in [0.1, 0.15) is 31.2 Å². The molecule has 0 atom stereocenters. The first-order valence-electron chi connectivity index (χ1n) is 9.27. The summed E-state index contributed by atoms with van der Waals surface area (Å²) >= 11 is 1.37. The molecule has 0 unspecified atom stereocenters. The number of nitrogens with one attached hydrogen (secondary N) is 1. The lowest BCUT2D eigenvalue weighted by molar-refractivity contribution is 0.311. The van der Waals surface area contributed by atoms with Gasteiger partial charge in [-0.1, -0.05) is 6.07 Å². The van der Waals surface area contributed by atoms with Gasteiger partial charge in [-0.15, -0.1) is 4.40 Å². The van der Waals surface area contributed by atoms with Gasteiger partial charge >= 0.3 is 0 Å². The first-order valence-corrected chi connectivity index (χ1v) is 11.6. The summed E-state index contributed by atoms with van der Waals surface area (Å²) in [7, 11) is -3.51. The van der Waals surface area contributed by atoms with E-state index in [0.29, 0.717) is 29.4 Å². The number of sulfonamides is 1. The minimum atomic E-state index is -3.51. The Hall–Kier alpha value is -2.06. The molecule has 27 heavy (non-hydrogen) atoms. The largest absolute Gasteiger partial charge is 0.493 e. The molecule has 0 bridgehead atoms. The van der Waals surface area contributed by atoms with Gasteiger partial charge in [0.15, 0.2) is 0 Å². The quantitative estimate of drug-likeness (QED) is 0.747. The summed E-state index contributed by atoms with van der Waals surface area (Å²) < 4.78 is 33.5. The fraction of sp³-hybridized carbons (Fsp3) is 0.421. The van der Waals surface area contributed by atoms with Crippen LogP contribution in [0.25, 0.3) is 0 Å². The van der Waals surface area contributed by atoms with Gasteiger partial charge in [0.05, 0.1) is 6.61 Å². The van der Waals surface area contributed by atoms with Crippen LogP contribution in [0.5, 0.6) is 5.75 Å². The van der Waals surface area contributed by atoms with E-state index in [1.165, 1.54) is 36.3 Å². The minimum Gasteiger partial charge on any atom is -0.493 e. The Bertz CT molecular complexity index is 931. The van der Waals surface area contributed by atoms with Crippen LogP contribution in [0.15, 0.2) is 44.3 Å². The van der Waals surface area contributed by atoms with Gasteiger partial charge < -0.3 is 15.0 Å². The van der Waals surface area contributed by atoms with Crippen LogP contribution >= 0.6 is 11.3 Å². The summed E-state index contributed by atoms with van der Waals surface area (Å²) in [5, 5.41) is 6.56. The Balaban J connectivity index is 1.25. The lowest BCUT2D eigenvalue weighted by Gasteiger charge is -2.29. The fourth-order valence-electron chi connectivity index (χ4n) is 3.39. The van der Waals surface area contributed by atoms with Crippen LogP contribution in [0, 0.1) is 0 Å². The zero-order valence-corrected chi connectivity index (χ0v) is 16.7. The SMILES string of the molecule is O=S1(=O)N=C(NCCCOc2cccc(N3CCCCC3)c2)c2cscc21. The van der Waals surface area contributed by atoms with Gasteiger partial charge in [-0.2, -0.15) is 19.8 Å². The second-order valence-corrected chi connectivity index (χ2v) is 9.05. The molecule has 1 fully saturated rings. The number of rotatable bonds is 6. The topological polar surface area (TPSA) is 71.0 Å². The first kappa shape index (κ1) is 18.3. The zero-order valence-electron chi connectivity index (χ0n) is 15.1. The van der Waals surface area contributed by atoms with Crippen LogP contribution in [0.4, 0.5) is 5.69 Å². The van der Waals surface area contributed by atoms with Crippen molar-refractivity contribution >= 4 is 32.9 Å². The Morgan fingerprint density at radius 1 is 1.19 bits per heavy atom. The van der Waals surface area contributed by atoms with Crippen molar-refractivity contribution in [3.05, 3.63) is 40.6 Å². The number of hydrogen-bond acceptors (Lipinski definition) is 6. The lowest BCUT2D eigenvalue weighted by atomic mass is 10.1. The molecule has 0 aliphatic carbocycles. The second kappa shape index (κ2) is 7.90. The van der Waals surface area contributed by atoms with Crippen molar-refractivity contribution in [3.63, 3.8) is 0 Å². The van der Waals surface area contributed by atoms with Crippen molar-refractivity contribution in [1.82, 2.24) is 5.32 Å². The highest BCUT2D eigenvalue weighted by Crippen LogP contribution is 2.28. The third kappa shape index (κ3) is 4.11. The van der Waals surface area contributed by atoms with Gasteiger partial charge in [0.25, 0.3) is 10.0 Å². The van der Waals surface area contributed by atoms with Gasteiger partial charge in [0, 0.05) is 47.7 Å². The summed E-state index contributed by atoms with van der Waals surface area (Å²) in [6.07, 6.45) is 4.58. The highest BCUT2D eigenvalue weighted by molar-refractivity contribution is 7.91. The molecule has 1 aromatic carbocycles. The summed E-state index contributed by atoms with van der Waals surface area (Å²) in [5.41, 5.74) is 1.90. The number of benzene rings is 1. The van der Waals surface area contributed by atoms with Gasteiger partial charge in [0.1, 0.15) is 16.5 Å². The number of anilines is 1. The van der Waals surface area contributed by atoms with E-state index >= 15 is 0 Å². The number of piperidine rings is 1. The van der Waals surface area contributed by atoms with Gasteiger partial charge in [-0.25, -0.2) is 0 Å². The van der Waals surface area contributed by atoms with E-state index in [0.717, 1.165) is 25.3 Å². The molecule has 2 aliphatic heterocycles. The molecule has 4 rings (SSSR count). The molecule has 0 amide bonds. The van der Waals surface area contributed by atoms with Gasteiger partial charge in [0.2, 0.25) is 0 Å². The number of fused-ring (bicyclic) bond motifs is 1. The number of ether oxygens (including phenoxy) is 1. The first-order chi connectivity index (χ1) is 13.1. The molecule has 8 heteroatoms. The Labute approximate surface area is 163 Å². The molecule has 2 aliphatic rings. The van der Waals surface area contributed by atoms with Crippen LogP contribution in [-0.4, -0.2) is 40.5 Å². The molecule has 1 N–H and O–H groups in total. The van der Waals surface area contributed by atoms with Crippen LogP contribution in [0.3, 0.4) is 0 Å². The summed E-state index contributed by atoms with van der Waals surface area (Å²) in [4.78, 5) is 2.72. The maximum Gasteiger partial charge on any atom is 0.285 e. The monoisotopic (exact) mass is 405 g/mol. The molecule has 1 aromatic heterocycles. The smallest absolute Gasteiger partial charge is 0.285 e. The highest BCUT2D eigenvalue weighted by Gasteiger charge is 2.29. The van der Waals surface area contributed by atoms with Crippen molar-refractivity contribution in [3.8, 4) is 5.75 Å². The highest BCUT2D eigenvalue weighted by atomic mass is 32.2. The average Bonchev–Trinajstić information content (AvgIpc) is 3.26. The molecule has 144 valence electrons. The zero-order chi connectivity index (χ0) is 18.7. The normalized spacial score (nSPS) is 18.1. The van der Waals surface area contributed by atoms with E-state index in [1.54, 1.807) is 5.38 Å². The van der Waals surface area contributed by atoms with E-state index in [2.05, 4.69) is 26.7 Å². The molecule has 0 spiro atoms. The van der Waals surface area contributed by atoms with Crippen LogP contribution < -0.4 is 15.0 Å². The number of amidine groups is 1. The lowest BCUT2D eigenvalue weighted by Crippen LogP contribution is -2.29. The Morgan fingerprint density at radius 2 is 2.04 bits per heavy atom. The summed E-state index contributed by atoms with van der Waals surface area (Å²) in [6.45, 7) is 3.40. The van der Waals surface area contributed by atoms with Crippen molar-refractivity contribution in [2.75, 3.05) is 31.1 Å². The van der Waals surface area contributed by atoms with E-state index in [9.17, 15) is 8.42 Å². The van der Waals surface area contributed by atoms with Crippen molar-refractivity contribution in [2.24, 2.45) is 4.40 Å². The minimum absolute atomic E-state index is 0.306. The van der Waals surface area contributed by atoms with Gasteiger partial charge in [-0.3, -0.25) is 0 Å². The van der Waals surface area contributed by atoms with E-state index in [-0.39, 0.29) is 0 Å². The predicted molar refractivity (Wildman–Crippen MR) is 109 cm³/mol. The second-order valence-electron chi connectivity index (χ2n) is 6.74. The maximum absolute atomic E-state index is 11.9. The van der Waals surface area contributed by atoms with Crippen LogP contribution in [0.2, 0.25) is 0 Å². The molecular weight excluding hydrogens is 382 g/mol. The molecule has 6 nitrogen and oxygen atoms in total. The molecule has 2 aromatic rings. The molecule has 1 saturated heterocycles. The fourth-order valence-corrected chi connectivity index (χ4v) is 5.75. The number of hydrogen-bond donors (Lipinski definition) is 1. The third-order valence-electron chi connectivity index (χ3n) is 4.79. The summed E-state index contributed by atoms with van der Waals surface area (Å²) in [6, 6.07) is 8.25. The van der Waals surface area contributed by atoms with Crippen molar-refractivity contribution in [1.29, 1.82) is 0 Å². The summed E-state index contributed by atoms with van der Waals surface area (Å²) in [5.74, 6) is 1.32. The third-order valence-corrected chi connectivity index (χ3v) is 7.00. The van der Waals surface area contributed by atoms with E-state index in [4.69, 9.17) is 4.74 Å². The molecule has 0 saturated carbocycles. The molecule has 3 heterocycles. The van der Waals surface area contributed by atoms with Crippen molar-refractivity contribution < 1.29 is 13.2 Å². The molecular formula is C19H23N3O3S2. The Kier molecular flexibility index (Phi) is 5.36. The number of thiophene rings is 1. The van der Waals surface area contributed by atoms with Crippen molar-refractivity contribution in [2.45, 2.75) is 30.6 Å².